The van der Waals surface area contributed by atoms with Gasteiger partial charge in [-0.25, -0.2) is 0 Å². The molecule has 0 bridgehead atoms. The fourth-order valence-electron chi connectivity index (χ4n) is 4.91. The zero-order chi connectivity index (χ0) is 31.7. The van der Waals surface area contributed by atoms with Gasteiger partial charge in [0.1, 0.15) is 0 Å². The topological polar surface area (TPSA) is 6.48 Å². The van der Waals surface area contributed by atoms with Gasteiger partial charge in [-0.15, -0.1) is 0 Å². The summed E-state index contributed by atoms with van der Waals surface area (Å²) in [7, 11) is 19.4. The van der Waals surface area contributed by atoms with Gasteiger partial charge in [-0.05, 0) is 107 Å². The van der Waals surface area contributed by atoms with Crippen LogP contribution in [-0.4, -0.2) is 6.67 Å². The quantitative estimate of drug-likeness (QED) is 0.285. The van der Waals surface area contributed by atoms with Crippen molar-refractivity contribution in [3.63, 3.8) is 0 Å². The van der Waals surface area contributed by atoms with Crippen molar-refractivity contribution in [2.75, 3.05) is 16.5 Å². The van der Waals surface area contributed by atoms with Crippen molar-refractivity contribution in [2.45, 2.75) is 62.3 Å². The van der Waals surface area contributed by atoms with Gasteiger partial charge in [0.15, 0.2) is 0 Å². The van der Waals surface area contributed by atoms with Crippen LogP contribution in [0.2, 0.25) is 0 Å². The molecular formula is C33H44Cl4N2Ru2. The number of hydrogen-bond acceptors (Lipinski definition) is 2. The Bertz CT molecular complexity index is 924. The maximum atomic E-state index is 4.85. The first-order valence-corrected chi connectivity index (χ1v) is 22.0. The van der Waals surface area contributed by atoms with Crippen LogP contribution in [0.5, 0.6) is 0 Å². The Labute approximate surface area is 284 Å². The summed E-state index contributed by atoms with van der Waals surface area (Å²) in [5.41, 5.74) is 10.7. The van der Waals surface area contributed by atoms with E-state index in [1.807, 2.05) is 0 Å². The molecule has 2 nitrogen and oxygen atoms in total. The van der Waals surface area contributed by atoms with E-state index < -0.39 is 0 Å². The molecule has 0 atom stereocenters. The average molecular weight is 813 g/mol. The third kappa shape index (κ3) is 14.7. The normalized spacial score (nSPS) is 14.9. The monoisotopic (exact) mass is 812 g/mol. The Hall–Kier alpha value is 0.187. The first-order valence-electron chi connectivity index (χ1n) is 13.0. The van der Waals surface area contributed by atoms with Gasteiger partial charge in [-0.2, -0.15) is 0 Å². The number of anilines is 2. The van der Waals surface area contributed by atoms with E-state index in [1.165, 1.54) is 56.6 Å². The first-order chi connectivity index (χ1) is 19.4. The molecule has 1 fully saturated rings. The Kier molecular flexibility index (Phi) is 22.8. The average Bonchev–Trinajstić information content (AvgIpc) is 3.34. The number of rotatable bonds is 3. The molecule has 1 aliphatic heterocycles. The Morgan fingerprint density at radius 2 is 0.902 bits per heavy atom. The molecule has 0 spiro atoms. The molecule has 1 saturated carbocycles. The van der Waals surface area contributed by atoms with Crippen molar-refractivity contribution in [3.05, 3.63) is 121 Å². The minimum atomic E-state index is -0.346. The van der Waals surface area contributed by atoms with Crippen molar-refractivity contribution >= 4 is 50.1 Å². The summed E-state index contributed by atoms with van der Waals surface area (Å²) in [6.07, 6.45) is 13.1. The summed E-state index contributed by atoms with van der Waals surface area (Å²) >= 11 is -0.691. The van der Waals surface area contributed by atoms with Gasteiger partial charge >= 0.3 is 69.1 Å². The molecule has 0 saturated heterocycles. The molecule has 2 aromatic rings. The number of aryl methyl sites for hydroxylation is 6. The third-order valence-electron chi connectivity index (χ3n) is 6.32. The van der Waals surface area contributed by atoms with Gasteiger partial charge in [0.2, 0.25) is 0 Å². The molecule has 41 heavy (non-hydrogen) atoms. The molecule has 2 aromatic carbocycles. The molecule has 0 unspecified atom stereocenters. The summed E-state index contributed by atoms with van der Waals surface area (Å²) < 4.78 is 0. The summed E-state index contributed by atoms with van der Waals surface area (Å²) in [5, 5.41) is 0. The van der Waals surface area contributed by atoms with Crippen LogP contribution in [0.15, 0.2) is 36.7 Å². The van der Waals surface area contributed by atoms with Crippen molar-refractivity contribution in [1.82, 2.24) is 0 Å². The van der Waals surface area contributed by atoms with Crippen LogP contribution in [0.4, 0.5) is 11.4 Å². The van der Waals surface area contributed by atoms with Gasteiger partial charge in [-0.3, -0.25) is 0 Å². The van der Waals surface area contributed by atoms with Crippen LogP contribution >= 0.6 is 38.8 Å². The fourth-order valence-corrected chi connectivity index (χ4v) is 4.91. The summed E-state index contributed by atoms with van der Waals surface area (Å²) in [5.74, 6) is 3.41. The van der Waals surface area contributed by atoms with Crippen LogP contribution in [-0.2, 0) is 30.3 Å². The molecular weight excluding hydrogens is 768 g/mol. The van der Waals surface area contributed by atoms with Crippen molar-refractivity contribution < 1.29 is 30.3 Å². The van der Waals surface area contributed by atoms with E-state index in [9.17, 15) is 0 Å². The van der Waals surface area contributed by atoms with E-state index in [1.54, 1.807) is 0 Å². The van der Waals surface area contributed by atoms with Crippen LogP contribution in [0.1, 0.15) is 54.2 Å². The second-order valence-corrected chi connectivity index (χ2v) is 15.3. The first kappa shape index (κ1) is 41.2. The van der Waals surface area contributed by atoms with Crippen LogP contribution in [0.3, 0.4) is 0 Å². The molecule has 1 heterocycles. The van der Waals surface area contributed by atoms with Gasteiger partial charge in [-0.1, -0.05) is 70.0 Å². The SMILES string of the molecule is C[C]1[CH][CH][C](C(C)C)[CH][CH]1.Cc1cc(C)c(N2C=CN(c3c(C)cc(C)cc3C)C2)c(C)c1.[CH2][CH2].[Cl][Ru][Cl].[Cl][Ru][Cl]. The summed E-state index contributed by atoms with van der Waals surface area (Å²) in [4.78, 5) is 4.70. The Morgan fingerprint density at radius 3 is 1.17 bits per heavy atom. The molecule has 1 aliphatic carbocycles. The molecule has 8 heteroatoms. The summed E-state index contributed by atoms with van der Waals surface area (Å²) in [6.45, 7) is 26.5. The third-order valence-corrected chi connectivity index (χ3v) is 6.32. The molecule has 4 rings (SSSR count). The van der Waals surface area contributed by atoms with Gasteiger partial charge in [0, 0.05) is 23.8 Å². The van der Waals surface area contributed by atoms with Crippen molar-refractivity contribution in [2.24, 2.45) is 5.92 Å². The van der Waals surface area contributed by atoms with E-state index in [4.69, 9.17) is 38.8 Å². The predicted octanol–water partition coefficient (Wildman–Crippen LogP) is 11.3. The maximum absolute atomic E-state index is 4.85. The van der Waals surface area contributed by atoms with Gasteiger partial charge < -0.3 is 9.80 Å². The number of hydrogen-bond donors (Lipinski definition) is 0. The fraction of sp³-hybridized carbons (Fsp3) is 0.333. The zero-order valence-corrected chi connectivity index (χ0v) is 32.1. The molecule has 230 valence electrons. The van der Waals surface area contributed by atoms with E-state index in [0.29, 0.717) is 5.92 Å². The standard InChI is InChI=1S/C21H26N2.C10H14.C2H4.4ClH.2Ru/c1-14-9-16(3)20(17(4)10-14)22-7-8-23(13-22)21-18(5)11-15(2)12-19(21)6;1-8(2)10-6-4-9(3)5-7-10;1-2;;;;;;/h7-12H,13H2,1-6H3;4-8H,1-3H3;1-2H2;4*1H;;/q;;;;;;;2*+2/p-4. The van der Waals surface area contributed by atoms with Crippen LogP contribution in [0.25, 0.3) is 0 Å². The Morgan fingerprint density at radius 1 is 0.610 bits per heavy atom. The van der Waals surface area contributed by atoms with E-state index >= 15 is 0 Å². The summed E-state index contributed by atoms with van der Waals surface area (Å²) in [6, 6.07) is 9.06. The molecule has 0 amide bonds. The van der Waals surface area contributed by atoms with Crippen LogP contribution < -0.4 is 9.80 Å². The van der Waals surface area contributed by atoms with E-state index in [0.717, 1.165) is 6.67 Å². The van der Waals surface area contributed by atoms with Crippen molar-refractivity contribution in [3.8, 4) is 0 Å². The second kappa shape index (κ2) is 22.7. The van der Waals surface area contributed by atoms with Gasteiger partial charge in [0.25, 0.3) is 0 Å². The van der Waals surface area contributed by atoms with Crippen LogP contribution in [0, 0.1) is 98.8 Å². The number of nitrogens with zero attached hydrogens (tertiary/aromatic N) is 2. The number of halogens is 4. The van der Waals surface area contributed by atoms with Crippen molar-refractivity contribution in [1.29, 1.82) is 0 Å². The molecule has 8 radical (unpaired) electrons. The minimum absolute atomic E-state index is 0.346. The molecule has 0 N–H and O–H groups in total. The zero-order valence-electron chi connectivity index (χ0n) is 25.6. The van der Waals surface area contributed by atoms with Gasteiger partial charge in [0.05, 0.1) is 6.67 Å². The Balaban J connectivity index is 0.000000737. The predicted molar refractivity (Wildman–Crippen MR) is 179 cm³/mol. The molecule has 0 aromatic heterocycles. The van der Waals surface area contributed by atoms with E-state index in [2.05, 4.69) is 148 Å². The van der Waals surface area contributed by atoms with E-state index in [-0.39, 0.29) is 30.3 Å². The number of benzene rings is 2. The molecule has 2 aliphatic rings. The second-order valence-electron chi connectivity index (χ2n) is 10.0.